The van der Waals surface area contributed by atoms with E-state index in [2.05, 4.69) is 74.2 Å². The number of nitrogens with zero attached hydrogens (tertiary/aromatic N) is 1. The maximum absolute atomic E-state index is 2.60. The highest BCUT2D eigenvalue weighted by Crippen LogP contribution is 2.58. The van der Waals surface area contributed by atoms with Gasteiger partial charge in [-0.1, -0.05) is 49.4 Å². The highest BCUT2D eigenvalue weighted by molar-refractivity contribution is 5.68. The van der Waals surface area contributed by atoms with Crippen LogP contribution in [-0.4, -0.2) is 12.6 Å². The van der Waals surface area contributed by atoms with Crippen LogP contribution in [0.2, 0.25) is 0 Å². The second-order valence-corrected chi connectivity index (χ2v) is 6.64. The molecular weight excluding hydrogens is 242 g/mol. The lowest BCUT2D eigenvalue weighted by molar-refractivity contribution is 0.434. The van der Waals surface area contributed by atoms with Gasteiger partial charge in [0.15, 0.2) is 0 Å². The Morgan fingerprint density at radius 2 is 1.75 bits per heavy atom. The molecule has 2 aliphatic heterocycles. The third-order valence-corrected chi connectivity index (χ3v) is 5.51. The van der Waals surface area contributed by atoms with E-state index in [0.29, 0.717) is 12.0 Å². The summed E-state index contributed by atoms with van der Waals surface area (Å²) in [6.45, 7) is 8.25. The van der Waals surface area contributed by atoms with Gasteiger partial charge in [0.2, 0.25) is 0 Å². The second-order valence-electron chi connectivity index (χ2n) is 6.64. The molecule has 2 aromatic carbocycles. The Morgan fingerprint density at radius 1 is 1.05 bits per heavy atom. The fraction of sp³-hybridized carbons (Fsp3) is 0.368. The lowest BCUT2D eigenvalue weighted by Crippen LogP contribution is -2.35. The molecule has 2 aromatic rings. The summed E-state index contributed by atoms with van der Waals surface area (Å²) in [5.41, 5.74) is 6.19. The van der Waals surface area contributed by atoms with Crippen LogP contribution in [0.5, 0.6) is 0 Å². The van der Waals surface area contributed by atoms with Crippen LogP contribution in [0.4, 0.5) is 5.69 Å². The number of para-hydroxylation sites is 1. The van der Waals surface area contributed by atoms with E-state index in [1.807, 2.05) is 0 Å². The first-order valence-electron chi connectivity index (χ1n) is 7.54. The van der Waals surface area contributed by atoms with Gasteiger partial charge in [-0.05, 0) is 36.6 Å². The number of aryl methyl sites for hydroxylation is 1. The number of anilines is 1. The summed E-state index contributed by atoms with van der Waals surface area (Å²) < 4.78 is 0. The average molecular weight is 263 g/mol. The van der Waals surface area contributed by atoms with Gasteiger partial charge < -0.3 is 4.90 Å². The summed E-state index contributed by atoms with van der Waals surface area (Å²) in [6, 6.07) is 18.4. The van der Waals surface area contributed by atoms with Crippen LogP contribution in [0, 0.1) is 6.92 Å². The Bertz CT molecular complexity index is 675. The zero-order valence-electron chi connectivity index (χ0n) is 12.4. The Hall–Kier alpha value is -1.76. The van der Waals surface area contributed by atoms with Crippen molar-refractivity contribution in [3.8, 4) is 0 Å². The number of benzene rings is 2. The summed E-state index contributed by atoms with van der Waals surface area (Å²) in [4.78, 5) is 2.60. The highest BCUT2D eigenvalue weighted by Gasteiger charge is 2.55. The summed E-state index contributed by atoms with van der Waals surface area (Å²) >= 11 is 0. The standard InChI is InChI=1S/C19H21N/c1-13-8-4-5-9-15(13)18-14(2)20-12-19(18,3)16-10-6-7-11-17(16)20/h4-11,14,18H,12H2,1-3H3. The summed E-state index contributed by atoms with van der Waals surface area (Å²) in [7, 11) is 0. The molecule has 0 N–H and O–H groups in total. The number of fused-ring (bicyclic) bond motifs is 5. The van der Waals surface area contributed by atoms with E-state index in [0.717, 1.165) is 6.54 Å². The minimum atomic E-state index is 0.252. The molecule has 2 heterocycles. The van der Waals surface area contributed by atoms with Crippen LogP contribution >= 0.6 is 0 Å². The van der Waals surface area contributed by atoms with Gasteiger partial charge in [-0.15, -0.1) is 0 Å². The predicted molar refractivity (Wildman–Crippen MR) is 84.5 cm³/mol. The maximum atomic E-state index is 2.60. The molecule has 0 spiro atoms. The minimum absolute atomic E-state index is 0.252. The SMILES string of the molecule is Cc1ccccc1C1C(C)N2CC1(C)c1ccccc12. The van der Waals surface area contributed by atoms with E-state index in [1.54, 1.807) is 0 Å². The van der Waals surface area contributed by atoms with Gasteiger partial charge >= 0.3 is 0 Å². The molecule has 3 atom stereocenters. The van der Waals surface area contributed by atoms with Crippen molar-refractivity contribution in [2.45, 2.75) is 38.1 Å². The van der Waals surface area contributed by atoms with Crippen LogP contribution in [-0.2, 0) is 5.41 Å². The van der Waals surface area contributed by atoms with Gasteiger partial charge in [-0.25, -0.2) is 0 Å². The van der Waals surface area contributed by atoms with Crippen LogP contribution in [0.1, 0.15) is 36.5 Å². The van der Waals surface area contributed by atoms with Crippen molar-refractivity contribution in [3.05, 3.63) is 65.2 Å². The first-order chi connectivity index (χ1) is 9.63. The van der Waals surface area contributed by atoms with E-state index in [4.69, 9.17) is 0 Å². The highest BCUT2D eigenvalue weighted by atomic mass is 15.2. The zero-order chi connectivity index (χ0) is 13.9. The quantitative estimate of drug-likeness (QED) is 0.743. The molecule has 1 fully saturated rings. The Balaban J connectivity index is 1.91. The van der Waals surface area contributed by atoms with E-state index in [9.17, 15) is 0 Å². The van der Waals surface area contributed by atoms with Gasteiger partial charge in [0, 0.05) is 29.6 Å². The normalized spacial score (nSPS) is 30.6. The third kappa shape index (κ3) is 1.33. The molecule has 1 heteroatoms. The topological polar surface area (TPSA) is 3.24 Å². The lowest BCUT2D eigenvalue weighted by atomic mass is 9.67. The van der Waals surface area contributed by atoms with Gasteiger partial charge in [0.05, 0.1) is 0 Å². The summed E-state index contributed by atoms with van der Waals surface area (Å²) in [5, 5.41) is 0. The predicted octanol–water partition coefficient (Wildman–Crippen LogP) is 4.26. The van der Waals surface area contributed by atoms with Gasteiger partial charge in [0.1, 0.15) is 0 Å². The largest absolute Gasteiger partial charge is 0.367 e. The molecule has 1 nitrogen and oxygen atoms in total. The second kappa shape index (κ2) is 3.88. The molecule has 0 aromatic heterocycles. The first-order valence-corrected chi connectivity index (χ1v) is 7.54. The number of hydrogen-bond acceptors (Lipinski definition) is 1. The molecule has 1 saturated heterocycles. The van der Waals surface area contributed by atoms with Crippen molar-refractivity contribution < 1.29 is 0 Å². The molecule has 0 amide bonds. The molecule has 2 bridgehead atoms. The van der Waals surface area contributed by atoms with Crippen LogP contribution in [0.3, 0.4) is 0 Å². The molecule has 20 heavy (non-hydrogen) atoms. The van der Waals surface area contributed by atoms with Crippen molar-refractivity contribution in [2.75, 3.05) is 11.4 Å². The Morgan fingerprint density at radius 3 is 2.55 bits per heavy atom. The van der Waals surface area contributed by atoms with Gasteiger partial charge in [-0.2, -0.15) is 0 Å². The third-order valence-electron chi connectivity index (χ3n) is 5.51. The summed E-state index contributed by atoms with van der Waals surface area (Å²) in [6.07, 6.45) is 0. The zero-order valence-corrected chi connectivity index (χ0v) is 12.4. The Labute approximate surface area is 121 Å². The Kier molecular flexibility index (Phi) is 2.33. The van der Waals surface area contributed by atoms with Crippen molar-refractivity contribution in [2.24, 2.45) is 0 Å². The minimum Gasteiger partial charge on any atom is -0.367 e. The van der Waals surface area contributed by atoms with Crippen molar-refractivity contribution in [1.82, 2.24) is 0 Å². The lowest BCUT2D eigenvalue weighted by Gasteiger charge is -2.38. The fourth-order valence-corrected chi connectivity index (χ4v) is 4.61. The molecule has 0 saturated carbocycles. The molecule has 0 radical (unpaired) electrons. The molecule has 4 rings (SSSR count). The van der Waals surface area contributed by atoms with Crippen molar-refractivity contribution in [1.29, 1.82) is 0 Å². The van der Waals surface area contributed by atoms with E-state index in [-0.39, 0.29) is 5.41 Å². The van der Waals surface area contributed by atoms with Crippen LogP contribution in [0.15, 0.2) is 48.5 Å². The first kappa shape index (κ1) is 12.0. The average Bonchev–Trinajstić information content (AvgIpc) is 2.89. The molecule has 102 valence electrons. The van der Waals surface area contributed by atoms with Gasteiger partial charge in [0.25, 0.3) is 0 Å². The molecule has 0 aliphatic carbocycles. The van der Waals surface area contributed by atoms with Crippen molar-refractivity contribution in [3.63, 3.8) is 0 Å². The van der Waals surface area contributed by atoms with Gasteiger partial charge in [-0.3, -0.25) is 0 Å². The molecule has 2 aliphatic rings. The summed E-state index contributed by atoms with van der Waals surface area (Å²) in [5.74, 6) is 0.596. The fourth-order valence-electron chi connectivity index (χ4n) is 4.61. The van der Waals surface area contributed by atoms with E-state index in [1.165, 1.54) is 22.4 Å². The van der Waals surface area contributed by atoms with Crippen molar-refractivity contribution >= 4 is 5.69 Å². The van der Waals surface area contributed by atoms with E-state index < -0.39 is 0 Å². The molecular formula is C19H21N. The monoisotopic (exact) mass is 263 g/mol. The van der Waals surface area contributed by atoms with Crippen LogP contribution in [0.25, 0.3) is 0 Å². The van der Waals surface area contributed by atoms with Crippen LogP contribution < -0.4 is 4.90 Å². The number of hydrogen-bond donors (Lipinski definition) is 0. The van der Waals surface area contributed by atoms with E-state index >= 15 is 0 Å². The maximum Gasteiger partial charge on any atom is 0.0408 e. The smallest absolute Gasteiger partial charge is 0.0408 e. The number of rotatable bonds is 1. The molecule has 3 unspecified atom stereocenters.